The molecule has 0 unspecified atom stereocenters. The van der Waals surface area contributed by atoms with Gasteiger partial charge in [0.05, 0.1) is 6.04 Å². The van der Waals surface area contributed by atoms with Gasteiger partial charge in [0.15, 0.2) is 17.5 Å². The van der Waals surface area contributed by atoms with Crippen molar-refractivity contribution in [3.8, 4) is 0 Å². The van der Waals surface area contributed by atoms with E-state index < -0.39 is 35.5 Å². The van der Waals surface area contributed by atoms with Gasteiger partial charge in [-0.25, -0.2) is 22.0 Å². The normalized spacial score (nSPS) is 18.8. The minimum atomic E-state index is -2.88. The summed E-state index contributed by atoms with van der Waals surface area (Å²) in [6.07, 6.45) is -2.88. The number of piperazine rings is 1. The van der Waals surface area contributed by atoms with Crippen LogP contribution >= 0.6 is 0 Å². The van der Waals surface area contributed by atoms with E-state index >= 15 is 0 Å². The molecule has 1 aliphatic heterocycles. The zero-order valence-corrected chi connectivity index (χ0v) is 9.97. The van der Waals surface area contributed by atoms with Gasteiger partial charge < -0.3 is 5.32 Å². The van der Waals surface area contributed by atoms with E-state index in [0.29, 0.717) is 32.2 Å². The third kappa shape index (κ3) is 2.87. The minimum absolute atomic E-state index is 0.299. The summed E-state index contributed by atoms with van der Waals surface area (Å²) in [6.45, 7) is 1.59. The molecule has 1 saturated heterocycles. The van der Waals surface area contributed by atoms with Crippen LogP contribution in [0.25, 0.3) is 0 Å². The lowest BCUT2D eigenvalue weighted by atomic mass is 10.0. The molecule has 19 heavy (non-hydrogen) atoms. The summed E-state index contributed by atoms with van der Waals surface area (Å²) in [5.41, 5.74) is -0.504. The van der Waals surface area contributed by atoms with Crippen molar-refractivity contribution in [2.45, 2.75) is 12.5 Å². The molecule has 1 fully saturated rings. The van der Waals surface area contributed by atoms with Crippen LogP contribution in [0.1, 0.15) is 11.6 Å². The van der Waals surface area contributed by atoms with Crippen molar-refractivity contribution in [2.75, 3.05) is 26.2 Å². The van der Waals surface area contributed by atoms with E-state index in [1.54, 1.807) is 0 Å². The number of rotatable bonds is 3. The third-order valence-electron chi connectivity index (χ3n) is 3.17. The molecular formula is C12H13F5N2. The highest BCUT2D eigenvalue weighted by Gasteiger charge is 2.33. The van der Waals surface area contributed by atoms with E-state index in [9.17, 15) is 22.0 Å². The van der Waals surface area contributed by atoms with Crippen molar-refractivity contribution >= 4 is 0 Å². The first-order valence-electron chi connectivity index (χ1n) is 5.88. The number of hydrogen-bond donors (Lipinski definition) is 1. The molecule has 1 aliphatic rings. The summed E-state index contributed by atoms with van der Waals surface area (Å²) < 4.78 is 65.9. The van der Waals surface area contributed by atoms with Crippen molar-refractivity contribution in [3.63, 3.8) is 0 Å². The fourth-order valence-corrected chi connectivity index (χ4v) is 2.22. The van der Waals surface area contributed by atoms with Crippen LogP contribution in [-0.2, 0) is 0 Å². The molecule has 1 N–H and O–H groups in total. The molecule has 2 rings (SSSR count). The molecule has 106 valence electrons. The van der Waals surface area contributed by atoms with Crippen molar-refractivity contribution in [1.82, 2.24) is 10.2 Å². The average molecular weight is 280 g/mol. The van der Waals surface area contributed by atoms with Gasteiger partial charge in [-0.05, 0) is 6.07 Å². The summed E-state index contributed by atoms with van der Waals surface area (Å²) in [7, 11) is 0. The van der Waals surface area contributed by atoms with E-state index in [1.165, 1.54) is 4.90 Å². The molecule has 0 aliphatic carbocycles. The van der Waals surface area contributed by atoms with E-state index in [-0.39, 0.29) is 0 Å². The fraction of sp³-hybridized carbons (Fsp3) is 0.500. The van der Waals surface area contributed by atoms with Gasteiger partial charge >= 0.3 is 0 Å². The van der Waals surface area contributed by atoms with Crippen LogP contribution in [0.15, 0.2) is 12.1 Å². The van der Waals surface area contributed by atoms with Gasteiger partial charge in [0.25, 0.3) is 6.43 Å². The number of alkyl halides is 2. The van der Waals surface area contributed by atoms with Crippen LogP contribution in [0.2, 0.25) is 0 Å². The van der Waals surface area contributed by atoms with Gasteiger partial charge in [0, 0.05) is 31.7 Å². The van der Waals surface area contributed by atoms with Crippen molar-refractivity contribution < 1.29 is 22.0 Å². The van der Waals surface area contributed by atoms with Crippen LogP contribution in [0.3, 0.4) is 0 Å². The number of nitrogens with zero attached hydrogens (tertiary/aromatic N) is 1. The second-order valence-electron chi connectivity index (χ2n) is 4.33. The third-order valence-corrected chi connectivity index (χ3v) is 3.17. The lowest BCUT2D eigenvalue weighted by molar-refractivity contribution is 0.0160. The number of benzene rings is 1. The second kappa shape index (κ2) is 5.83. The van der Waals surface area contributed by atoms with Gasteiger partial charge in [-0.3, -0.25) is 4.90 Å². The van der Waals surface area contributed by atoms with Crippen molar-refractivity contribution in [3.05, 3.63) is 35.1 Å². The lowest BCUT2D eigenvalue weighted by Gasteiger charge is -2.34. The number of hydrogen-bond acceptors (Lipinski definition) is 2. The lowest BCUT2D eigenvalue weighted by Crippen LogP contribution is -2.47. The van der Waals surface area contributed by atoms with Crippen LogP contribution in [0.4, 0.5) is 22.0 Å². The molecule has 1 aromatic carbocycles. The summed E-state index contributed by atoms with van der Waals surface area (Å²) in [6, 6.07) is -0.00465. The predicted molar refractivity (Wildman–Crippen MR) is 59.5 cm³/mol. The van der Waals surface area contributed by atoms with E-state index in [1.807, 2.05) is 0 Å². The Labute approximate surface area is 107 Å². The summed E-state index contributed by atoms with van der Waals surface area (Å²) >= 11 is 0. The molecule has 0 aromatic heterocycles. The number of nitrogens with one attached hydrogen (secondary N) is 1. The monoisotopic (exact) mass is 280 g/mol. The Bertz CT molecular complexity index is 446. The first kappa shape index (κ1) is 14.2. The summed E-state index contributed by atoms with van der Waals surface area (Å²) in [5, 5.41) is 2.98. The van der Waals surface area contributed by atoms with Crippen LogP contribution < -0.4 is 5.32 Å². The first-order chi connectivity index (χ1) is 9.02. The van der Waals surface area contributed by atoms with Gasteiger partial charge in [-0.2, -0.15) is 0 Å². The maximum atomic E-state index is 13.6. The zero-order valence-electron chi connectivity index (χ0n) is 9.97. The SMILES string of the molecule is Fc1ccc([C@H](C(F)F)N2CCNCC2)c(F)c1F. The Kier molecular flexibility index (Phi) is 4.36. The van der Waals surface area contributed by atoms with Crippen LogP contribution in [0, 0.1) is 17.5 Å². The van der Waals surface area contributed by atoms with Gasteiger partial charge in [0.1, 0.15) is 0 Å². The highest BCUT2D eigenvalue weighted by Crippen LogP contribution is 2.31. The van der Waals surface area contributed by atoms with Crippen LogP contribution in [-0.4, -0.2) is 37.5 Å². The van der Waals surface area contributed by atoms with Crippen LogP contribution in [0.5, 0.6) is 0 Å². The molecule has 0 amide bonds. The highest BCUT2D eigenvalue weighted by molar-refractivity contribution is 5.24. The maximum absolute atomic E-state index is 13.6. The maximum Gasteiger partial charge on any atom is 0.258 e. The molecule has 0 saturated carbocycles. The Hall–Kier alpha value is -1.21. The summed E-state index contributed by atoms with van der Waals surface area (Å²) in [4.78, 5) is 1.37. The minimum Gasteiger partial charge on any atom is -0.314 e. The molecule has 7 heteroatoms. The molecule has 2 nitrogen and oxygen atoms in total. The Balaban J connectivity index is 2.36. The van der Waals surface area contributed by atoms with Crippen molar-refractivity contribution in [1.29, 1.82) is 0 Å². The van der Waals surface area contributed by atoms with Gasteiger partial charge in [0.2, 0.25) is 0 Å². The molecule has 1 heterocycles. The Morgan fingerprint density at radius 3 is 2.21 bits per heavy atom. The quantitative estimate of drug-likeness (QED) is 0.675. The molecule has 0 spiro atoms. The Morgan fingerprint density at radius 2 is 1.63 bits per heavy atom. The largest absolute Gasteiger partial charge is 0.314 e. The highest BCUT2D eigenvalue weighted by atomic mass is 19.3. The summed E-state index contributed by atoms with van der Waals surface area (Å²) in [5.74, 6) is -4.63. The molecule has 0 bridgehead atoms. The average Bonchev–Trinajstić information content (AvgIpc) is 2.40. The van der Waals surface area contributed by atoms with E-state index in [4.69, 9.17) is 0 Å². The Morgan fingerprint density at radius 1 is 1.00 bits per heavy atom. The molecule has 0 radical (unpaired) electrons. The fourth-order valence-electron chi connectivity index (χ4n) is 2.22. The smallest absolute Gasteiger partial charge is 0.258 e. The van der Waals surface area contributed by atoms with Crippen molar-refractivity contribution in [2.24, 2.45) is 0 Å². The van der Waals surface area contributed by atoms with Gasteiger partial charge in [-0.1, -0.05) is 6.07 Å². The second-order valence-corrected chi connectivity index (χ2v) is 4.33. The standard InChI is InChI=1S/C12H13F5N2/c13-8-2-1-7(9(14)10(8)15)11(12(16)17)19-5-3-18-4-6-19/h1-2,11-12,18H,3-6H2/t11-/m1/s1. The number of halogens is 5. The van der Waals surface area contributed by atoms with E-state index in [0.717, 1.165) is 6.07 Å². The first-order valence-corrected chi connectivity index (χ1v) is 5.88. The topological polar surface area (TPSA) is 15.3 Å². The van der Waals surface area contributed by atoms with Gasteiger partial charge in [-0.15, -0.1) is 0 Å². The molecular weight excluding hydrogens is 267 g/mol. The zero-order chi connectivity index (χ0) is 14.0. The predicted octanol–water partition coefficient (Wildman–Crippen LogP) is 2.32. The molecule has 1 aromatic rings. The molecule has 1 atom stereocenters. The van der Waals surface area contributed by atoms with E-state index in [2.05, 4.69) is 5.32 Å².